The Morgan fingerprint density at radius 2 is 1.60 bits per heavy atom. The monoisotopic (exact) mass is 338 g/mol. The van der Waals surface area contributed by atoms with Crippen LogP contribution in [0.15, 0.2) is 60.7 Å². The Kier molecular flexibility index (Phi) is 4.35. The number of nitrogens with one attached hydrogen (secondary N) is 1. The lowest BCUT2D eigenvalue weighted by Gasteiger charge is -2.36. The molecule has 25 heavy (non-hydrogen) atoms. The summed E-state index contributed by atoms with van der Waals surface area (Å²) in [5.41, 5.74) is -1.01. The maximum atomic E-state index is 13.1. The average molecular weight is 338 g/mol. The first kappa shape index (κ1) is 17.2. The van der Waals surface area contributed by atoms with Crippen molar-refractivity contribution in [3.63, 3.8) is 0 Å². The third-order valence-corrected chi connectivity index (χ3v) is 4.60. The van der Waals surface area contributed by atoms with Crippen LogP contribution in [0.3, 0.4) is 0 Å². The molecule has 0 aromatic heterocycles. The summed E-state index contributed by atoms with van der Waals surface area (Å²) in [6.45, 7) is 3.86. The zero-order chi connectivity index (χ0) is 18.1. The number of rotatable bonds is 4. The summed E-state index contributed by atoms with van der Waals surface area (Å²) in [7, 11) is 0. The first-order valence-electron chi connectivity index (χ1n) is 8.29. The van der Waals surface area contributed by atoms with Crippen molar-refractivity contribution in [3.05, 3.63) is 60.7 Å². The number of benzene rings is 2. The molecule has 0 radical (unpaired) electrons. The largest absolute Gasteiger partial charge is 0.324 e. The Morgan fingerprint density at radius 3 is 2.12 bits per heavy atom. The molecule has 3 rings (SSSR count). The fourth-order valence-corrected chi connectivity index (χ4v) is 3.48. The number of ketones is 1. The van der Waals surface area contributed by atoms with Gasteiger partial charge in [0.2, 0.25) is 5.54 Å². The molecular formula is C20H22N2O3. The molecule has 1 fully saturated rings. The Labute approximate surface area is 147 Å². The Bertz CT molecular complexity index is 774. The van der Waals surface area contributed by atoms with Crippen LogP contribution in [0.2, 0.25) is 0 Å². The molecule has 5 nitrogen and oxygen atoms in total. The molecule has 1 aliphatic carbocycles. The molecule has 0 heterocycles. The van der Waals surface area contributed by atoms with E-state index in [1.165, 1.54) is 0 Å². The maximum Gasteiger partial charge on any atom is 0.260 e. The lowest BCUT2D eigenvalue weighted by molar-refractivity contribution is -0.133. The highest BCUT2D eigenvalue weighted by molar-refractivity contribution is 6.19. The van der Waals surface area contributed by atoms with Crippen molar-refractivity contribution < 1.29 is 14.8 Å². The molecule has 2 N–H and O–H groups in total. The van der Waals surface area contributed by atoms with E-state index in [2.05, 4.69) is 5.32 Å². The maximum absolute atomic E-state index is 13.1. The normalized spacial score (nSPS) is 21.8. The van der Waals surface area contributed by atoms with Gasteiger partial charge in [0.05, 0.1) is 5.69 Å². The van der Waals surface area contributed by atoms with Gasteiger partial charge in [-0.3, -0.25) is 14.8 Å². The Balaban J connectivity index is 2.01. The molecule has 5 heteroatoms. The van der Waals surface area contributed by atoms with E-state index in [1.807, 2.05) is 26.0 Å². The number of Topliss-reactive ketones (excluding diaryl/α,β-unsaturated/α-hetero) is 1. The fraction of sp³-hybridized carbons (Fsp3) is 0.300. The summed E-state index contributed by atoms with van der Waals surface area (Å²) >= 11 is 0. The third kappa shape index (κ3) is 3.15. The van der Waals surface area contributed by atoms with Crippen molar-refractivity contribution in [2.24, 2.45) is 5.41 Å². The van der Waals surface area contributed by atoms with Crippen molar-refractivity contribution in [1.29, 1.82) is 0 Å². The highest BCUT2D eigenvalue weighted by Gasteiger charge is 2.59. The number of hydroxylamine groups is 1. The van der Waals surface area contributed by atoms with Crippen molar-refractivity contribution in [1.82, 2.24) is 0 Å². The summed E-state index contributed by atoms with van der Waals surface area (Å²) in [6, 6.07) is 17.6. The summed E-state index contributed by atoms with van der Waals surface area (Å²) in [4.78, 5) is 26.0. The van der Waals surface area contributed by atoms with Crippen molar-refractivity contribution in [2.75, 3.05) is 10.4 Å². The van der Waals surface area contributed by atoms with Gasteiger partial charge in [-0.2, -0.15) is 0 Å². The minimum absolute atomic E-state index is 0.235. The molecule has 1 atom stereocenters. The van der Waals surface area contributed by atoms with E-state index in [0.29, 0.717) is 11.4 Å². The lowest BCUT2D eigenvalue weighted by atomic mass is 9.86. The van der Waals surface area contributed by atoms with Crippen LogP contribution in [0.1, 0.15) is 26.7 Å². The number of nitrogens with zero attached hydrogens (tertiary/aromatic N) is 1. The second-order valence-corrected chi connectivity index (χ2v) is 7.27. The van der Waals surface area contributed by atoms with E-state index < -0.39 is 11.4 Å². The second-order valence-electron chi connectivity index (χ2n) is 7.27. The number of anilines is 2. The van der Waals surface area contributed by atoms with Gasteiger partial charge >= 0.3 is 0 Å². The van der Waals surface area contributed by atoms with Crippen LogP contribution in [0.4, 0.5) is 11.4 Å². The Morgan fingerprint density at radius 1 is 1.04 bits per heavy atom. The number of hydrogen-bond donors (Lipinski definition) is 2. The minimum atomic E-state index is -1.64. The van der Waals surface area contributed by atoms with Crippen LogP contribution in [0.25, 0.3) is 0 Å². The van der Waals surface area contributed by atoms with Crippen LogP contribution in [-0.4, -0.2) is 22.4 Å². The third-order valence-electron chi connectivity index (χ3n) is 4.60. The topological polar surface area (TPSA) is 69.6 Å². The number of carbonyl (C=O) groups excluding carboxylic acids is 2. The van der Waals surface area contributed by atoms with Gasteiger partial charge in [-0.15, -0.1) is 0 Å². The first-order valence-corrected chi connectivity index (χ1v) is 8.29. The number of amides is 1. The molecule has 1 aliphatic rings. The van der Waals surface area contributed by atoms with Gasteiger partial charge in [-0.05, 0) is 36.1 Å². The van der Waals surface area contributed by atoms with E-state index in [0.717, 1.165) is 5.06 Å². The molecule has 0 unspecified atom stereocenters. The number of carbonyl (C=O) groups is 2. The molecule has 0 spiro atoms. The van der Waals surface area contributed by atoms with Crippen molar-refractivity contribution >= 4 is 23.1 Å². The number of hydrogen-bond acceptors (Lipinski definition) is 4. The summed E-state index contributed by atoms with van der Waals surface area (Å²) in [5.74, 6) is -0.794. The van der Waals surface area contributed by atoms with Crippen LogP contribution >= 0.6 is 0 Å². The molecule has 0 aliphatic heterocycles. The van der Waals surface area contributed by atoms with Gasteiger partial charge in [0.15, 0.2) is 5.78 Å². The van der Waals surface area contributed by atoms with Gasteiger partial charge in [-0.25, -0.2) is 5.06 Å². The van der Waals surface area contributed by atoms with E-state index in [1.54, 1.807) is 48.5 Å². The van der Waals surface area contributed by atoms with E-state index in [9.17, 15) is 14.8 Å². The molecule has 130 valence electrons. The quantitative estimate of drug-likeness (QED) is 0.659. The smallest absolute Gasteiger partial charge is 0.260 e. The van der Waals surface area contributed by atoms with Crippen LogP contribution in [-0.2, 0) is 9.59 Å². The summed E-state index contributed by atoms with van der Waals surface area (Å²) in [6.07, 6.45) is 0.474. The molecule has 1 amide bonds. The van der Waals surface area contributed by atoms with Crippen LogP contribution in [0, 0.1) is 5.41 Å². The molecule has 1 saturated carbocycles. The molecule has 0 saturated heterocycles. The van der Waals surface area contributed by atoms with Crippen molar-refractivity contribution in [3.8, 4) is 0 Å². The predicted molar refractivity (Wildman–Crippen MR) is 96.5 cm³/mol. The highest BCUT2D eigenvalue weighted by atomic mass is 16.5. The Hall–Kier alpha value is -2.66. The van der Waals surface area contributed by atoms with Gasteiger partial charge in [0, 0.05) is 12.1 Å². The highest BCUT2D eigenvalue weighted by Crippen LogP contribution is 2.45. The van der Waals surface area contributed by atoms with Crippen LogP contribution < -0.4 is 10.4 Å². The van der Waals surface area contributed by atoms with E-state index in [4.69, 9.17) is 0 Å². The summed E-state index contributed by atoms with van der Waals surface area (Å²) < 4.78 is 0. The summed E-state index contributed by atoms with van der Waals surface area (Å²) in [5, 5.41) is 14.5. The molecule has 0 bridgehead atoms. The SMILES string of the molecule is CC1(C)CC(=O)[C@](C(=O)Nc2ccccc2)(N(O)c2ccccc2)C1. The second kappa shape index (κ2) is 6.33. The van der Waals surface area contributed by atoms with Gasteiger partial charge in [0.25, 0.3) is 5.91 Å². The fourth-order valence-electron chi connectivity index (χ4n) is 3.48. The average Bonchev–Trinajstić information content (AvgIpc) is 2.85. The minimum Gasteiger partial charge on any atom is -0.324 e. The van der Waals surface area contributed by atoms with E-state index >= 15 is 0 Å². The van der Waals surface area contributed by atoms with Gasteiger partial charge < -0.3 is 5.32 Å². The standard InChI is InChI=1S/C20H22N2O3/c1-19(2)13-17(23)20(14-19,22(25)16-11-7-4-8-12-16)18(24)21-15-9-5-3-6-10-15/h3-12,25H,13-14H2,1-2H3,(H,21,24)/t20-/m1/s1. The lowest BCUT2D eigenvalue weighted by Crippen LogP contribution is -2.59. The first-order chi connectivity index (χ1) is 11.8. The van der Waals surface area contributed by atoms with Crippen molar-refractivity contribution in [2.45, 2.75) is 32.2 Å². The zero-order valence-electron chi connectivity index (χ0n) is 14.4. The predicted octanol–water partition coefficient (Wildman–Crippen LogP) is 3.65. The number of para-hydroxylation sites is 2. The molecule has 2 aromatic carbocycles. The molecular weight excluding hydrogens is 316 g/mol. The van der Waals surface area contributed by atoms with Crippen LogP contribution in [0.5, 0.6) is 0 Å². The van der Waals surface area contributed by atoms with Gasteiger partial charge in [0.1, 0.15) is 0 Å². The van der Waals surface area contributed by atoms with Gasteiger partial charge in [-0.1, -0.05) is 50.2 Å². The van der Waals surface area contributed by atoms with E-state index in [-0.39, 0.29) is 24.0 Å². The molecule has 2 aromatic rings. The zero-order valence-corrected chi connectivity index (χ0v) is 14.4.